The molecule has 1 aromatic carbocycles. The van der Waals surface area contributed by atoms with Crippen LogP contribution in [0.3, 0.4) is 0 Å². The largest absolute Gasteiger partial charge is 0.424 e. The van der Waals surface area contributed by atoms with Crippen molar-refractivity contribution in [2.45, 2.75) is 31.8 Å². The number of fused-ring (bicyclic) bond motifs is 1. The third-order valence-corrected chi connectivity index (χ3v) is 3.41. The highest BCUT2D eigenvalue weighted by atomic mass is 16.6. The lowest BCUT2D eigenvalue weighted by atomic mass is 10.2. The lowest BCUT2D eigenvalue weighted by molar-refractivity contribution is -0.141. The zero-order valence-electron chi connectivity index (χ0n) is 10.6. The van der Waals surface area contributed by atoms with Crippen molar-refractivity contribution < 1.29 is 14.3 Å². The second-order valence-electron chi connectivity index (χ2n) is 4.78. The first kappa shape index (κ1) is 12.2. The molecule has 0 radical (unpaired) electrons. The molecule has 0 bridgehead atoms. The van der Waals surface area contributed by atoms with Gasteiger partial charge in [0.15, 0.2) is 0 Å². The van der Waals surface area contributed by atoms with E-state index in [0.717, 1.165) is 23.7 Å². The van der Waals surface area contributed by atoms with Crippen molar-refractivity contribution in [3.05, 3.63) is 24.4 Å². The molecule has 1 N–H and O–H groups in total. The monoisotopic (exact) mass is 260 g/mol. The average molecular weight is 260 g/mol. The summed E-state index contributed by atoms with van der Waals surface area (Å²) < 4.78 is 10.9. The molecule has 0 unspecified atom stereocenters. The summed E-state index contributed by atoms with van der Waals surface area (Å²) in [4.78, 5) is 11.8. The zero-order chi connectivity index (χ0) is 13.1. The first-order valence-corrected chi connectivity index (χ1v) is 6.57. The number of carbonyl (C=O) groups excluding carboxylic acids is 1. The molecule has 0 saturated heterocycles. The Balaban J connectivity index is 1.60. The number of aromatic amines is 1. The minimum Gasteiger partial charge on any atom is -0.424 e. The fourth-order valence-electron chi connectivity index (χ4n) is 2.42. The van der Waals surface area contributed by atoms with E-state index in [9.17, 15) is 4.79 Å². The third kappa shape index (κ3) is 2.76. The molecule has 2 aromatic rings. The summed E-state index contributed by atoms with van der Waals surface area (Å²) in [5.74, 6) is 0.159. The Morgan fingerprint density at radius 3 is 3.05 bits per heavy atom. The molecule has 3 rings (SSSR count). The normalized spacial score (nSPS) is 16.0. The van der Waals surface area contributed by atoms with Crippen LogP contribution in [0.2, 0.25) is 0 Å². The molecule has 1 aliphatic rings. The Morgan fingerprint density at radius 1 is 1.37 bits per heavy atom. The van der Waals surface area contributed by atoms with E-state index < -0.39 is 0 Å². The number of hydrogen-bond donors (Lipinski definition) is 1. The molecule has 5 nitrogen and oxygen atoms in total. The van der Waals surface area contributed by atoms with Gasteiger partial charge in [-0.25, -0.2) is 4.79 Å². The van der Waals surface area contributed by atoms with Gasteiger partial charge in [0.25, 0.3) is 0 Å². The SMILES string of the molecule is O=C(COC1CCCC1)Oc1cccc2[nH]ncc12. The number of nitrogens with zero attached hydrogens (tertiary/aromatic N) is 1. The second kappa shape index (κ2) is 5.40. The summed E-state index contributed by atoms with van der Waals surface area (Å²) in [5.41, 5.74) is 0.849. The maximum atomic E-state index is 11.8. The van der Waals surface area contributed by atoms with Crippen LogP contribution < -0.4 is 4.74 Å². The standard InChI is InChI=1S/C14H16N2O3/c17-14(9-18-10-4-1-2-5-10)19-13-7-3-6-12-11(13)8-15-16-12/h3,6-8,10H,1-2,4-5,9H2,(H,15,16). The molecule has 0 spiro atoms. The Hall–Kier alpha value is -1.88. The van der Waals surface area contributed by atoms with Crippen molar-refractivity contribution in [1.29, 1.82) is 0 Å². The number of hydrogen-bond acceptors (Lipinski definition) is 4. The number of ether oxygens (including phenoxy) is 2. The van der Waals surface area contributed by atoms with Crippen molar-refractivity contribution in [2.24, 2.45) is 0 Å². The van der Waals surface area contributed by atoms with E-state index >= 15 is 0 Å². The van der Waals surface area contributed by atoms with Crippen molar-refractivity contribution in [1.82, 2.24) is 10.2 Å². The van der Waals surface area contributed by atoms with Crippen molar-refractivity contribution in [2.75, 3.05) is 6.61 Å². The van der Waals surface area contributed by atoms with E-state index in [1.54, 1.807) is 12.3 Å². The predicted molar refractivity (Wildman–Crippen MR) is 69.9 cm³/mol. The predicted octanol–water partition coefficient (Wildman–Crippen LogP) is 2.43. The molecule has 0 amide bonds. The summed E-state index contributed by atoms with van der Waals surface area (Å²) in [5, 5.41) is 7.57. The second-order valence-corrected chi connectivity index (χ2v) is 4.78. The van der Waals surface area contributed by atoms with E-state index in [4.69, 9.17) is 9.47 Å². The van der Waals surface area contributed by atoms with E-state index in [-0.39, 0.29) is 18.7 Å². The number of nitrogens with one attached hydrogen (secondary N) is 1. The molecular weight excluding hydrogens is 244 g/mol. The van der Waals surface area contributed by atoms with Crippen LogP contribution in [0, 0.1) is 0 Å². The van der Waals surface area contributed by atoms with Crippen LogP contribution in [0.1, 0.15) is 25.7 Å². The van der Waals surface area contributed by atoms with Gasteiger partial charge >= 0.3 is 5.97 Å². The van der Waals surface area contributed by atoms with Gasteiger partial charge in [-0.2, -0.15) is 5.10 Å². The van der Waals surface area contributed by atoms with Gasteiger partial charge in [0, 0.05) is 0 Å². The molecular formula is C14H16N2O3. The van der Waals surface area contributed by atoms with Crippen molar-refractivity contribution in [3.8, 4) is 5.75 Å². The summed E-state index contributed by atoms with van der Waals surface area (Å²) in [7, 11) is 0. The zero-order valence-corrected chi connectivity index (χ0v) is 10.6. The molecule has 1 aliphatic carbocycles. The fourth-order valence-corrected chi connectivity index (χ4v) is 2.42. The molecule has 0 aliphatic heterocycles. The van der Waals surface area contributed by atoms with Gasteiger partial charge in [-0.1, -0.05) is 18.9 Å². The number of aromatic nitrogens is 2. The molecule has 1 fully saturated rings. The van der Waals surface area contributed by atoms with Crippen LogP contribution in [0.25, 0.3) is 10.9 Å². The molecule has 1 aromatic heterocycles. The molecule has 19 heavy (non-hydrogen) atoms. The summed E-state index contributed by atoms with van der Waals surface area (Å²) >= 11 is 0. The van der Waals surface area contributed by atoms with Gasteiger partial charge in [-0.3, -0.25) is 5.10 Å². The minimum atomic E-state index is -0.361. The van der Waals surface area contributed by atoms with Crippen LogP contribution in [-0.2, 0) is 9.53 Å². The summed E-state index contributed by atoms with van der Waals surface area (Å²) in [6.45, 7) is 0.0128. The Kier molecular flexibility index (Phi) is 3.46. The van der Waals surface area contributed by atoms with Crippen LogP contribution in [0.4, 0.5) is 0 Å². The van der Waals surface area contributed by atoms with E-state index in [1.165, 1.54) is 12.8 Å². The highest BCUT2D eigenvalue weighted by Gasteiger charge is 2.17. The topological polar surface area (TPSA) is 64.2 Å². The number of benzene rings is 1. The van der Waals surface area contributed by atoms with Crippen molar-refractivity contribution in [3.63, 3.8) is 0 Å². The van der Waals surface area contributed by atoms with Gasteiger partial charge in [-0.15, -0.1) is 0 Å². The number of rotatable bonds is 4. The van der Waals surface area contributed by atoms with Crippen LogP contribution in [-0.4, -0.2) is 28.9 Å². The van der Waals surface area contributed by atoms with Gasteiger partial charge < -0.3 is 9.47 Å². The van der Waals surface area contributed by atoms with Gasteiger partial charge in [0.1, 0.15) is 12.4 Å². The number of carbonyl (C=O) groups is 1. The fraction of sp³-hybridized carbons (Fsp3) is 0.429. The van der Waals surface area contributed by atoms with Gasteiger partial charge in [-0.05, 0) is 25.0 Å². The lowest BCUT2D eigenvalue weighted by Gasteiger charge is -2.10. The van der Waals surface area contributed by atoms with Crippen LogP contribution in [0.15, 0.2) is 24.4 Å². The molecule has 0 atom stereocenters. The summed E-state index contributed by atoms with van der Waals surface area (Å²) in [6, 6.07) is 5.46. The van der Waals surface area contributed by atoms with Gasteiger partial charge in [0.2, 0.25) is 0 Å². The van der Waals surface area contributed by atoms with E-state index in [1.807, 2.05) is 12.1 Å². The van der Waals surface area contributed by atoms with Crippen LogP contribution in [0.5, 0.6) is 5.75 Å². The first-order chi connectivity index (χ1) is 9.33. The minimum absolute atomic E-state index is 0.0128. The Labute approximate surface area is 110 Å². The molecule has 100 valence electrons. The first-order valence-electron chi connectivity index (χ1n) is 6.57. The Morgan fingerprint density at radius 2 is 2.21 bits per heavy atom. The maximum Gasteiger partial charge on any atom is 0.337 e. The lowest BCUT2D eigenvalue weighted by Crippen LogP contribution is -2.20. The smallest absolute Gasteiger partial charge is 0.337 e. The molecule has 1 heterocycles. The number of esters is 1. The summed E-state index contributed by atoms with van der Waals surface area (Å²) in [6.07, 6.45) is 6.34. The Bertz CT molecular complexity index is 573. The van der Waals surface area contributed by atoms with Crippen LogP contribution >= 0.6 is 0 Å². The third-order valence-electron chi connectivity index (χ3n) is 3.41. The van der Waals surface area contributed by atoms with Gasteiger partial charge in [0.05, 0.1) is 23.2 Å². The molecule has 1 saturated carbocycles. The van der Waals surface area contributed by atoms with E-state index in [2.05, 4.69) is 10.2 Å². The highest BCUT2D eigenvalue weighted by Crippen LogP contribution is 2.24. The maximum absolute atomic E-state index is 11.8. The van der Waals surface area contributed by atoms with Crippen molar-refractivity contribution >= 4 is 16.9 Å². The van der Waals surface area contributed by atoms with E-state index in [0.29, 0.717) is 5.75 Å². The molecule has 5 heteroatoms. The highest BCUT2D eigenvalue weighted by molar-refractivity contribution is 5.87. The quantitative estimate of drug-likeness (QED) is 0.677. The number of H-pyrrole nitrogens is 1. The average Bonchev–Trinajstić information content (AvgIpc) is 3.08.